The number of hydrogen-bond acceptors (Lipinski definition) is 3. The molecule has 194 valence electrons. The van der Waals surface area contributed by atoms with Gasteiger partial charge in [0.15, 0.2) is 9.84 Å². The van der Waals surface area contributed by atoms with Gasteiger partial charge in [0.1, 0.15) is 0 Å². The number of fused-ring (bicyclic) bond motifs is 1. The van der Waals surface area contributed by atoms with Crippen molar-refractivity contribution in [3.05, 3.63) is 69.7 Å². The predicted molar refractivity (Wildman–Crippen MR) is 151 cm³/mol. The van der Waals surface area contributed by atoms with Crippen LogP contribution in [0.4, 0.5) is 0 Å². The molecule has 2 aliphatic rings. The minimum Gasteiger partial charge on any atom is -0.300 e. The van der Waals surface area contributed by atoms with Crippen LogP contribution < -0.4 is 0 Å². The summed E-state index contributed by atoms with van der Waals surface area (Å²) in [6.07, 6.45) is 8.20. The smallest absolute Gasteiger partial charge is 0.150 e. The topological polar surface area (TPSA) is 37.4 Å². The lowest BCUT2D eigenvalue weighted by Crippen LogP contribution is -2.43. The molecule has 0 amide bonds. The zero-order chi connectivity index (χ0) is 24.1. The molecule has 0 aliphatic heterocycles. The molecule has 0 bridgehead atoms. The molecule has 6 heteroatoms. The van der Waals surface area contributed by atoms with Crippen LogP contribution in [0.1, 0.15) is 74.1 Å². The Kier molecular flexibility index (Phi) is 10.5. The summed E-state index contributed by atoms with van der Waals surface area (Å²) in [4.78, 5) is 2.63. The summed E-state index contributed by atoms with van der Waals surface area (Å²) in [7, 11) is -2.87. The molecule has 4 rings (SSSR count). The van der Waals surface area contributed by atoms with Crippen LogP contribution in [0.25, 0.3) is 0 Å². The van der Waals surface area contributed by atoms with E-state index in [0.29, 0.717) is 29.4 Å². The lowest BCUT2D eigenvalue weighted by atomic mass is 9.75. The second kappa shape index (κ2) is 12.9. The average molecular weight is 539 g/mol. The average Bonchev–Trinajstić information content (AvgIpc) is 3.63. The standard InChI is InChI=1S/C29H40ClNO2S.ClH/c1-3-31(4-2)29-17-14-25-13-10-22(7-5-6-18-34(32,33)21-24-8-9-24)19-27(25)28(29)20-23-11-15-26(30)16-12-23;/h10-13,15-16,19,24,28-29H,3-9,14,17-18,20-21H2,1-2H3;1H. The zero-order valence-corrected chi connectivity index (χ0v) is 23.6. The first-order valence-electron chi connectivity index (χ1n) is 13.2. The van der Waals surface area contributed by atoms with Crippen molar-refractivity contribution in [3.8, 4) is 0 Å². The van der Waals surface area contributed by atoms with Gasteiger partial charge in [-0.15, -0.1) is 12.4 Å². The van der Waals surface area contributed by atoms with E-state index >= 15 is 0 Å². The van der Waals surface area contributed by atoms with Gasteiger partial charge in [-0.05, 0) is 105 Å². The Morgan fingerprint density at radius 2 is 1.63 bits per heavy atom. The highest BCUT2D eigenvalue weighted by Gasteiger charge is 2.33. The third kappa shape index (κ3) is 7.95. The van der Waals surface area contributed by atoms with E-state index in [1.165, 1.54) is 28.7 Å². The monoisotopic (exact) mass is 537 g/mol. The first kappa shape index (κ1) is 28.5. The normalized spacial score (nSPS) is 19.9. The van der Waals surface area contributed by atoms with E-state index in [-0.39, 0.29) is 12.4 Å². The quantitative estimate of drug-likeness (QED) is 0.276. The maximum atomic E-state index is 12.3. The number of hydrogen-bond donors (Lipinski definition) is 0. The maximum Gasteiger partial charge on any atom is 0.150 e. The summed E-state index contributed by atoms with van der Waals surface area (Å²) >= 11 is 6.15. The number of sulfone groups is 1. The number of benzene rings is 2. The van der Waals surface area contributed by atoms with Gasteiger partial charge in [-0.3, -0.25) is 0 Å². The summed E-state index contributed by atoms with van der Waals surface area (Å²) in [6.45, 7) is 6.68. The van der Waals surface area contributed by atoms with Crippen LogP contribution >= 0.6 is 24.0 Å². The summed E-state index contributed by atoms with van der Waals surface area (Å²) < 4.78 is 24.5. The number of aryl methyl sites for hydroxylation is 2. The van der Waals surface area contributed by atoms with Gasteiger partial charge >= 0.3 is 0 Å². The van der Waals surface area contributed by atoms with Crippen LogP contribution in [0.15, 0.2) is 42.5 Å². The van der Waals surface area contributed by atoms with Crippen LogP contribution in [-0.2, 0) is 29.1 Å². The highest BCUT2D eigenvalue weighted by atomic mass is 35.5. The van der Waals surface area contributed by atoms with Gasteiger partial charge in [0.05, 0.1) is 11.5 Å². The number of likely N-dealkylation sites (N-methyl/N-ethyl adjacent to an activating group) is 1. The largest absolute Gasteiger partial charge is 0.300 e. The molecule has 0 aromatic heterocycles. The van der Waals surface area contributed by atoms with Crippen molar-refractivity contribution in [2.75, 3.05) is 24.6 Å². The number of nitrogens with zero attached hydrogens (tertiary/aromatic N) is 1. The molecule has 2 atom stereocenters. The Hall–Kier alpha value is -1.07. The summed E-state index contributed by atoms with van der Waals surface area (Å²) in [5.74, 6) is 1.66. The van der Waals surface area contributed by atoms with E-state index in [1.807, 2.05) is 12.1 Å². The lowest BCUT2D eigenvalue weighted by molar-refractivity contribution is 0.168. The van der Waals surface area contributed by atoms with E-state index < -0.39 is 9.84 Å². The third-order valence-corrected chi connectivity index (χ3v) is 9.93. The van der Waals surface area contributed by atoms with Crippen molar-refractivity contribution in [1.29, 1.82) is 0 Å². The molecule has 0 N–H and O–H groups in total. The van der Waals surface area contributed by atoms with Crippen molar-refractivity contribution in [3.63, 3.8) is 0 Å². The Morgan fingerprint density at radius 1 is 0.943 bits per heavy atom. The number of rotatable bonds is 12. The Bertz CT molecular complexity index is 1050. The van der Waals surface area contributed by atoms with E-state index in [2.05, 4.69) is 49.1 Å². The fourth-order valence-corrected chi connectivity index (χ4v) is 7.70. The van der Waals surface area contributed by atoms with Crippen molar-refractivity contribution in [2.45, 2.75) is 77.2 Å². The first-order chi connectivity index (χ1) is 16.4. The van der Waals surface area contributed by atoms with Gasteiger partial charge in [-0.2, -0.15) is 0 Å². The first-order valence-corrected chi connectivity index (χ1v) is 15.4. The molecule has 2 aliphatic carbocycles. The highest BCUT2D eigenvalue weighted by Crippen LogP contribution is 2.38. The predicted octanol–water partition coefficient (Wildman–Crippen LogP) is 6.89. The molecule has 0 saturated heterocycles. The van der Waals surface area contributed by atoms with E-state index in [0.717, 1.165) is 63.1 Å². The molecule has 0 radical (unpaired) electrons. The Balaban J connectivity index is 0.00000342. The highest BCUT2D eigenvalue weighted by molar-refractivity contribution is 7.91. The van der Waals surface area contributed by atoms with E-state index in [1.54, 1.807) is 0 Å². The molecule has 1 fully saturated rings. The molecule has 1 saturated carbocycles. The molecule has 35 heavy (non-hydrogen) atoms. The van der Waals surface area contributed by atoms with Gasteiger partial charge in [0.25, 0.3) is 0 Å². The van der Waals surface area contributed by atoms with Crippen molar-refractivity contribution in [2.24, 2.45) is 5.92 Å². The van der Waals surface area contributed by atoms with Gasteiger partial charge in [0.2, 0.25) is 0 Å². The fraction of sp³-hybridized carbons (Fsp3) is 0.586. The second-order valence-corrected chi connectivity index (χ2v) is 13.0. The minimum absolute atomic E-state index is 0. The molecular weight excluding hydrogens is 497 g/mol. The maximum absolute atomic E-state index is 12.3. The second-order valence-electron chi connectivity index (χ2n) is 10.3. The zero-order valence-electron chi connectivity index (χ0n) is 21.2. The molecule has 0 heterocycles. The molecular formula is C29H41Cl2NO2S. The molecule has 2 aromatic rings. The van der Waals surface area contributed by atoms with Crippen molar-refractivity contribution >= 4 is 33.8 Å². The summed E-state index contributed by atoms with van der Waals surface area (Å²) in [6, 6.07) is 15.9. The SMILES string of the molecule is CCN(CC)C1CCc2ccc(CCCCS(=O)(=O)CC3CC3)cc2C1Cc1ccc(Cl)cc1.Cl. The Labute approximate surface area is 224 Å². The van der Waals surface area contributed by atoms with Crippen LogP contribution in [-0.4, -0.2) is 44.0 Å². The summed E-state index contributed by atoms with van der Waals surface area (Å²) in [5, 5.41) is 0.787. The van der Waals surface area contributed by atoms with Gasteiger partial charge < -0.3 is 4.90 Å². The van der Waals surface area contributed by atoms with Crippen molar-refractivity contribution < 1.29 is 8.42 Å². The van der Waals surface area contributed by atoms with E-state index in [4.69, 9.17) is 11.6 Å². The van der Waals surface area contributed by atoms with Gasteiger partial charge in [-0.25, -0.2) is 8.42 Å². The third-order valence-electron chi connectivity index (χ3n) is 7.79. The molecule has 3 nitrogen and oxygen atoms in total. The van der Waals surface area contributed by atoms with Crippen LogP contribution in [0.3, 0.4) is 0 Å². The van der Waals surface area contributed by atoms with Crippen LogP contribution in [0.2, 0.25) is 5.02 Å². The molecule has 0 spiro atoms. The lowest BCUT2D eigenvalue weighted by Gasteiger charge is -2.41. The van der Waals surface area contributed by atoms with Crippen LogP contribution in [0.5, 0.6) is 0 Å². The Morgan fingerprint density at radius 3 is 2.29 bits per heavy atom. The van der Waals surface area contributed by atoms with E-state index in [9.17, 15) is 8.42 Å². The van der Waals surface area contributed by atoms with Gasteiger partial charge in [0, 0.05) is 17.0 Å². The number of unbranched alkanes of at least 4 members (excludes halogenated alkanes) is 1. The number of halogens is 2. The van der Waals surface area contributed by atoms with Gasteiger partial charge in [-0.1, -0.05) is 55.8 Å². The fourth-order valence-electron chi connectivity index (χ4n) is 5.71. The summed E-state index contributed by atoms with van der Waals surface area (Å²) in [5.41, 5.74) is 5.67. The van der Waals surface area contributed by atoms with Crippen molar-refractivity contribution in [1.82, 2.24) is 4.90 Å². The molecule has 2 unspecified atom stereocenters. The minimum atomic E-state index is -2.87. The van der Waals surface area contributed by atoms with Crippen LogP contribution in [0, 0.1) is 5.92 Å². The molecule has 2 aromatic carbocycles.